The van der Waals surface area contributed by atoms with Crippen LogP contribution in [0.2, 0.25) is 0 Å². The summed E-state index contributed by atoms with van der Waals surface area (Å²) in [4.78, 5) is 4.31. The van der Waals surface area contributed by atoms with Gasteiger partial charge < -0.3 is 0 Å². The quantitative estimate of drug-likeness (QED) is 0.557. The van der Waals surface area contributed by atoms with E-state index in [4.69, 9.17) is 0 Å². The normalized spacial score (nSPS) is 11.6. The number of halogens is 1. The number of nitrogens with zero attached hydrogens (tertiary/aromatic N) is 2. The molecular formula is C8H12IN2+. The third-order valence-corrected chi connectivity index (χ3v) is 2.04. The molecule has 0 N–H and O–H groups in total. The molecule has 11 heavy (non-hydrogen) atoms. The van der Waals surface area contributed by atoms with E-state index in [9.17, 15) is 0 Å². The van der Waals surface area contributed by atoms with Crippen molar-refractivity contribution in [2.75, 3.05) is 21.1 Å². The molecule has 0 aliphatic heterocycles. The van der Waals surface area contributed by atoms with Gasteiger partial charge in [-0.05, 0) is 28.7 Å². The summed E-state index contributed by atoms with van der Waals surface area (Å²) in [5.74, 6) is 1.09. The van der Waals surface area contributed by atoms with Crippen LogP contribution >= 0.6 is 22.6 Å². The smallest absolute Gasteiger partial charge is 0.226 e. The lowest BCUT2D eigenvalue weighted by Gasteiger charge is -2.21. The van der Waals surface area contributed by atoms with Crippen LogP contribution in [0.25, 0.3) is 0 Å². The third-order valence-electron chi connectivity index (χ3n) is 1.40. The molecule has 0 atom stereocenters. The Morgan fingerprint density at radius 2 is 1.91 bits per heavy atom. The van der Waals surface area contributed by atoms with E-state index >= 15 is 0 Å². The van der Waals surface area contributed by atoms with Crippen LogP contribution in [0.3, 0.4) is 0 Å². The van der Waals surface area contributed by atoms with Crippen molar-refractivity contribution >= 4 is 28.4 Å². The molecule has 3 heteroatoms. The molecule has 2 nitrogen and oxygen atoms in total. The van der Waals surface area contributed by atoms with Crippen LogP contribution in [-0.2, 0) is 0 Å². The molecule has 1 rings (SSSR count). The molecule has 1 aromatic rings. The zero-order valence-electron chi connectivity index (χ0n) is 7.00. The van der Waals surface area contributed by atoms with E-state index in [0.717, 1.165) is 10.3 Å². The molecule has 0 aliphatic rings. The lowest BCUT2D eigenvalue weighted by atomic mass is 10.4. The van der Waals surface area contributed by atoms with Crippen LogP contribution in [0.4, 0.5) is 5.82 Å². The van der Waals surface area contributed by atoms with Gasteiger partial charge in [-0.3, -0.25) is 4.48 Å². The van der Waals surface area contributed by atoms with E-state index in [1.165, 1.54) is 3.57 Å². The second kappa shape index (κ2) is 3.06. The van der Waals surface area contributed by atoms with Gasteiger partial charge >= 0.3 is 0 Å². The molecule has 0 saturated carbocycles. The van der Waals surface area contributed by atoms with Gasteiger partial charge in [-0.1, -0.05) is 0 Å². The average Bonchev–Trinajstić information content (AvgIpc) is 1.86. The molecule has 1 heterocycles. The van der Waals surface area contributed by atoms with E-state index in [1.54, 1.807) is 0 Å². The van der Waals surface area contributed by atoms with Gasteiger partial charge in [0.05, 0.1) is 21.1 Å². The van der Waals surface area contributed by atoms with Crippen molar-refractivity contribution in [1.29, 1.82) is 0 Å². The Labute approximate surface area is 81.0 Å². The summed E-state index contributed by atoms with van der Waals surface area (Å²) < 4.78 is 1.96. The minimum Gasteiger partial charge on any atom is -0.282 e. The van der Waals surface area contributed by atoms with Gasteiger partial charge in [-0.25, -0.2) is 4.98 Å². The van der Waals surface area contributed by atoms with Crippen LogP contribution in [0.15, 0.2) is 18.3 Å². The number of hydrogen-bond acceptors (Lipinski definition) is 1. The van der Waals surface area contributed by atoms with E-state index in [0.29, 0.717) is 0 Å². The first-order valence-corrected chi connectivity index (χ1v) is 4.51. The molecule has 0 amide bonds. The van der Waals surface area contributed by atoms with Crippen LogP contribution in [-0.4, -0.2) is 26.1 Å². The fourth-order valence-electron chi connectivity index (χ4n) is 0.765. The van der Waals surface area contributed by atoms with Crippen molar-refractivity contribution in [2.45, 2.75) is 0 Å². The van der Waals surface area contributed by atoms with E-state index in [1.807, 2.05) is 6.20 Å². The topological polar surface area (TPSA) is 12.9 Å². The highest BCUT2D eigenvalue weighted by atomic mass is 127. The van der Waals surface area contributed by atoms with Gasteiger partial charge in [0.15, 0.2) is 0 Å². The predicted molar refractivity (Wildman–Crippen MR) is 56.5 cm³/mol. The summed E-state index contributed by atoms with van der Waals surface area (Å²) in [6, 6.07) is 4.13. The largest absolute Gasteiger partial charge is 0.282 e. The molecule has 1 aromatic heterocycles. The summed E-state index contributed by atoms with van der Waals surface area (Å²) in [5.41, 5.74) is 0. The maximum absolute atomic E-state index is 4.31. The molecule has 0 fully saturated rings. The highest BCUT2D eigenvalue weighted by Gasteiger charge is 2.12. The zero-order chi connectivity index (χ0) is 8.48. The van der Waals surface area contributed by atoms with E-state index in [-0.39, 0.29) is 0 Å². The molecule has 0 saturated heterocycles. The first-order valence-electron chi connectivity index (χ1n) is 3.44. The summed E-state index contributed by atoms with van der Waals surface area (Å²) in [6.45, 7) is 0. The first kappa shape index (κ1) is 8.93. The molecule has 0 aromatic carbocycles. The van der Waals surface area contributed by atoms with Gasteiger partial charge in [0.25, 0.3) is 0 Å². The lowest BCUT2D eigenvalue weighted by Crippen LogP contribution is -2.35. The standard InChI is InChI=1S/C8H12IN2/c1-11(2,3)8-5-4-7(9)6-10-8/h4-6H,1-3H3/q+1. The van der Waals surface area contributed by atoms with Crippen molar-refractivity contribution < 1.29 is 0 Å². The summed E-state index contributed by atoms with van der Waals surface area (Å²) in [7, 11) is 6.32. The van der Waals surface area contributed by atoms with Crippen molar-refractivity contribution in [3.05, 3.63) is 21.9 Å². The van der Waals surface area contributed by atoms with Crippen molar-refractivity contribution in [3.8, 4) is 0 Å². The van der Waals surface area contributed by atoms with Gasteiger partial charge in [0, 0.05) is 15.8 Å². The molecular weight excluding hydrogens is 251 g/mol. The second-order valence-electron chi connectivity index (χ2n) is 3.35. The number of quaternary nitrogens is 1. The van der Waals surface area contributed by atoms with Crippen molar-refractivity contribution in [1.82, 2.24) is 9.47 Å². The molecule has 0 aliphatic carbocycles. The molecule has 0 spiro atoms. The number of rotatable bonds is 1. The first-order chi connectivity index (χ1) is 5.00. The third kappa shape index (κ3) is 2.41. The monoisotopic (exact) mass is 263 g/mol. The maximum atomic E-state index is 4.31. The molecule has 0 radical (unpaired) electrons. The van der Waals surface area contributed by atoms with Crippen LogP contribution in [0, 0.1) is 3.57 Å². The lowest BCUT2D eigenvalue weighted by molar-refractivity contribution is 0.473. The second-order valence-corrected chi connectivity index (χ2v) is 4.59. The van der Waals surface area contributed by atoms with Crippen LogP contribution in [0.5, 0.6) is 0 Å². The Kier molecular flexibility index (Phi) is 2.49. The fourth-order valence-corrected chi connectivity index (χ4v) is 1.08. The van der Waals surface area contributed by atoms with E-state index in [2.05, 4.69) is 60.9 Å². The van der Waals surface area contributed by atoms with Gasteiger partial charge in [-0.15, -0.1) is 0 Å². The molecule has 0 unspecified atom stereocenters. The Bertz CT molecular complexity index is 235. The van der Waals surface area contributed by atoms with Gasteiger partial charge in [-0.2, -0.15) is 0 Å². The maximum Gasteiger partial charge on any atom is 0.226 e. The summed E-state index contributed by atoms with van der Waals surface area (Å²) in [5, 5.41) is 0. The average molecular weight is 263 g/mol. The fraction of sp³-hybridized carbons (Fsp3) is 0.375. The SMILES string of the molecule is C[N+](C)(C)c1ccc(I)cn1. The number of hydrogen-bond donors (Lipinski definition) is 0. The van der Waals surface area contributed by atoms with Crippen LogP contribution in [0.1, 0.15) is 0 Å². The van der Waals surface area contributed by atoms with Crippen molar-refractivity contribution in [3.63, 3.8) is 0 Å². The summed E-state index contributed by atoms with van der Waals surface area (Å²) >= 11 is 2.26. The Morgan fingerprint density at radius 1 is 1.27 bits per heavy atom. The summed E-state index contributed by atoms with van der Waals surface area (Å²) in [6.07, 6.45) is 1.89. The van der Waals surface area contributed by atoms with Gasteiger partial charge in [0.1, 0.15) is 0 Å². The highest BCUT2D eigenvalue weighted by molar-refractivity contribution is 14.1. The van der Waals surface area contributed by atoms with Gasteiger partial charge in [0.2, 0.25) is 5.82 Å². The van der Waals surface area contributed by atoms with E-state index < -0.39 is 0 Å². The Hall–Kier alpha value is -0.160. The minimum atomic E-state index is 0.775. The van der Waals surface area contributed by atoms with Crippen LogP contribution < -0.4 is 4.48 Å². The zero-order valence-corrected chi connectivity index (χ0v) is 9.16. The Balaban J connectivity index is 2.99. The molecule has 60 valence electrons. The Morgan fingerprint density at radius 3 is 2.27 bits per heavy atom. The number of aromatic nitrogens is 1. The molecule has 0 bridgehead atoms. The number of pyridine rings is 1. The minimum absolute atomic E-state index is 0.775. The van der Waals surface area contributed by atoms with Crippen molar-refractivity contribution in [2.24, 2.45) is 0 Å². The highest BCUT2D eigenvalue weighted by Crippen LogP contribution is 2.13. The predicted octanol–water partition coefficient (Wildman–Crippen LogP) is 1.88.